The number of hydrogen-bond donors (Lipinski definition) is 1. The van der Waals surface area contributed by atoms with Gasteiger partial charge in [0.1, 0.15) is 7.05 Å². The SMILES string of the molecule is CN(CCS)c1ccc(C=Cc2cc[n+](C)cc2)cc1. The maximum Gasteiger partial charge on any atom is 0.169 e. The second-order valence-corrected chi connectivity index (χ2v) is 5.31. The van der Waals surface area contributed by atoms with Crippen LogP contribution < -0.4 is 9.47 Å². The van der Waals surface area contributed by atoms with Crippen molar-refractivity contribution < 1.29 is 4.57 Å². The van der Waals surface area contributed by atoms with Crippen LogP contribution in [0.3, 0.4) is 0 Å². The molecule has 1 aromatic heterocycles. The lowest BCUT2D eigenvalue weighted by molar-refractivity contribution is -0.671. The van der Waals surface area contributed by atoms with Crippen LogP contribution in [0, 0.1) is 0 Å². The van der Waals surface area contributed by atoms with Gasteiger partial charge >= 0.3 is 0 Å². The van der Waals surface area contributed by atoms with Crippen molar-refractivity contribution in [3.05, 3.63) is 59.9 Å². The Morgan fingerprint density at radius 1 is 1.00 bits per heavy atom. The van der Waals surface area contributed by atoms with Crippen LogP contribution in [0.5, 0.6) is 0 Å². The lowest BCUT2D eigenvalue weighted by Gasteiger charge is -2.17. The van der Waals surface area contributed by atoms with Crippen molar-refractivity contribution in [2.24, 2.45) is 7.05 Å². The molecule has 0 radical (unpaired) electrons. The maximum atomic E-state index is 4.26. The third-order valence-corrected chi connectivity index (χ3v) is 3.44. The van der Waals surface area contributed by atoms with E-state index in [4.69, 9.17) is 0 Å². The number of benzene rings is 1. The quantitative estimate of drug-likeness (QED) is 0.655. The third-order valence-electron chi connectivity index (χ3n) is 3.24. The standard InChI is InChI=1S/C17H20N2S/c1-18-11-9-16(10-12-18)4-3-15-5-7-17(8-6-15)19(2)13-14-20/h3-12H,13-14H2,1-2H3/p+1. The van der Waals surface area contributed by atoms with E-state index in [1.165, 1.54) is 16.8 Å². The van der Waals surface area contributed by atoms with Gasteiger partial charge in [0.15, 0.2) is 12.4 Å². The van der Waals surface area contributed by atoms with Gasteiger partial charge in [-0.1, -0.05) is 24.3 Å². The van der Waals surface area contributed by atoms with E-state index in [0.29, 0.717) is 0 Å². The predicted molar refractivity (Wildman–Crippen MR) is 90.1 cm³/mol. The van der Waals surface area contributed by atoms with Crippen molar-refractivity contribution in [3.8, 4) is 0 Å². The van der Waals surface area contributed by atoms with E-state index in [1.807, 2.05) is 11.6 Å². The molecule has 0 atom stereocenters. The summed E-state index contributed by atoms with van der Waals surface area (Å²) in [4.78, 5) is 2.21. The minimum Gasteiger partial charge on any atom is -0.374 e. The summed E-state index contributed by atoms with van der Waals surface area (Å²) in [5.74, 6) is 0.865. The predicted octanol–water partition coefficient (Wildman–Crippen LogP) is 3.05. The van der Waals surface area contributed by atoms with E-state index < -0.39 is 0 Å². The molecule has 0 bridgehead atoms. The number of thiol groups is 1. The van der Waals surface area contributed by atoms with E-state index >= 15 is 0 Å². The third kappa shape index (κ3) is 4.14. The highest BCUT2D eigenvalue weighted by atomic mass is 32.1. The second kappa shape index (κ2) is 7.15. The van der Waals surface area contributed by atoms with Gasteiger partial charge in [0.25, 0.3) is 0 Å². The van der Waals surface area contributed by atoms with Crippen molar-refractivity contribution in [3.63, 3.8) is 0 Å². The van der Waals surface area contributed by atoms with Gasteiger partial charge in [-0.25, -0.2) is 4.57 Å². The number of nitrogens with zero attached hydrogens (tertiary/aromatic N) is 2. The minimum absolute atomic E-state index is 0.865. The molecule has 0 unspecified atom stereocenters. The van der Waals surface area contributed by atoms with Crippen LogP contribution in [-0.2, 0) is 7.05 Å². The zero-order chi connectivity index (χ0) is 14.4. The molecular formula is C17H21N2S+. The molecule has 1 heterocycles. The Kier molecular flexibility index (Phi) is 5.24. The summed E-state index contributed by atoms with van der Waals surface area (Å²) in [5.41, 5.74) is 3.64. The molecule has 0 aliphatic rings. The van der Waals surface area contributed by atoms with Crippen molar-refractivity contribution >= 4 is 30.5 Å². The fraction of sp³-hybridized carbons (Fsp3) is 0.235. The van der Waals surface area contributed by atoms with Gasteiger partial charge in [-0.05, 0) is 23.3 Å². The molecule has 104 valence electrons. The molecule has 0 N–H and O–H groups in total. The van der Waals surface area contributed by atoms with Crippen molar-refractivity contribution in [2.45, 2.75) is 0 Å². The number of anilines is 1. The van der Waals surface area contributed by atoms with Crippen LogP contribution in [0.4, 0.5) is 5.69 Å². The summed E-state index contributed by atoms with van der Waals surface area (Å²) in [6.07, 6.45) is 8.37. The zero-order valence-electron chi connectivity index (χ0n) is 12.0. The van der Waals surface area contributed by atoms with E-state index in [2.05, 4.69) is 85.5 Å². The molecule has 0 aliphatic carbocycles. The number of rotatable bonds is 5. The monoisotopic (exact) mass is 285 g/mol. The normalized spacial score (nSPS) is 10.9. The fourth-order valence-electron chi connectivity index (χ4n) is 1.94. The van der Waals surface area contributed by atoms with Gasteiger partial charge in [-0.3, -0.25) is 0 Å². The first-order chi connectivity index (χ1) is 9.69. The number of hydrogen-bond acceptors (Lipinski definition) is 2. The average molecular weight is 285 g/mol. The Labute approximate surface area is 126 Å². The first-order valence-corrected chi connectivity index (χ1v) is 7.38. The Morgan fingerprint density at radius 2 is 1.55 bits per heavy atom. The van der Waals surface area contributed by atoms with Crippen LogP contribution >= 0.6 is 12.6 Å². The summed E-state index contributed by atoms with van der Waals surface area (Å²) in [5, 5.41) is 0. The van der Waals surface area contributed by atoms with Crippen LogP contribution in [-0.4, -0.2) is 19.3 Å². The Balaban J connectivity index is 2.05. The highest BCUT2D eigenvalue weighted by Gasteiger charge is 1.98. The van der Waals surface area contributed by atoms with Crippen molar-refractivity contribution in [2.75, 3.05) is 24.2 Å². The molecule has 0 fully saturated rings. The molecule has 0 aliphatic heterocycles. The number of aromatic nitrogens is 1. The lowest BCUT2D eigenvalue weighted by atomic mass is 10.1. The average Bonchev–Trinajstić information content (AvgIpc) is 2.47. The maximum absolute atomic E-state index is 4.26. The van der Waals surface area contributed by atoms with Crippen molar-refractivity contribution in [1.29, 1.82) is 0 Å². The van der Waals surface area contributed by atoms with Gasteiger partial charge < -0.3 is 4.90 Å². The second-order valence-electron chi connectivity index (χ2n) is 4.87. The minimum atomic E-state index is 0.865. The lowest BCUT2D eigenvalue weighted by Crippen LogP contribution is -2.25. The molecule has 1 aromatic carbocycles. The summed E-state index contributed by atoms with van der Waals surface area (Å²) in [6.45, 7) is 0.958. The largest absolute Gasteiger partial charge is 0.374 e. The molecule has 0 spiro atoms. The fourth-order valence-corrected chi connectivity index (χ4v) is 2.24. The highest BCUT2D eigenvalue weighted by molar-refractivity contribution is 7.80. The molecule has 0 amide bonds. The molecule has 2 aromatic rings. The van der Waals surface area contributed by atoms with Gasteiger partial charge in [0.2, 0.25) is 0 Å². The van der Waals surface area contributed by atoms with Gasteiger partial charge in [0.05, 0.1) is 0 Å². The first-order valence-electron chi connectivity index (χ1n) is 6.74. The van der Waals surface area contributed by atoms with Crippen LogP contribution in [0.2, 0.25) is 0 Å². The molecule has 0 saturated heterocycles. The summed E-state index contributed by atoms with van der Waals surface area (Å²) >= 11 is 4.26. The van der Waals surface area contributed by atoms with E-state index in [-0.39, 0.29) is 0 Å². The Morgan fingerprint density at radius 3 is 2.10 bits per heavy atom. The summed E-state index contributed by atoms with van der Waals surface area (Å²) in [7, 11) is 4.11. The summed E-state index contributed by atoms with van der Waals surface area (Å²) < 4.78 is 2.03. The highest BCUT2D eigenvalue weighted by Crippen LogP contribution is 2.15. The topological polar surface area (TPSA) is 7.12 Å². The van der Waals surface area contributed by atoms with Gasteiger partial charge in [-0.15, -0.1) is 0 Å². The van der Waals surface area contributed by atoms with Crippen LogP contribution in [0.1, 0.15) is 11.1 Å². The van der Waals surface area contributed by atoms with Crippen molar-refractivity contribution in [1.82, 2.24) is 0 Å². The molecule has 2 rings (SSSR count). The van der Waals surface area contributed by atoms with Gasteiger partial charge in [-0.2, -0.15) is 12.6 Å². The Hall–Kier alpha value is -1.74. The zero-order valence-corrected chi connectivity index (χ0v) is 12.9. The number of aryl methyl sites for hydroxylation is 1. The molecule has 20 heavy (non-hydrogen) atoms. The summed E-state index contributed by atoms with van der Waals surface area (Å²) in [6, 6.07) is 12.8. The van der Waals surface area contributed by atoms with E-state index in [1.54, 1.807) is 0 Å². The molecule has 2 nitrogen and oxygen atoms in total. The molecular weight excluding hydrogens is 264 g/mol. The van der Waals surface area contributed by atoms with Crippen LogP contribution in [0.15, 0.2) is 48.8 Å². The number of pyridine rings is 1. The molecule has 0 saturated carbocycles. The van der Waals surface area contributed by atoms with E-state index in [0.717, 1.165) is 12.3 Å². The molecule has 3 heteroatoms. The smallest absolute Gasteiger partial charge is 0.169 e. The van der Waals surface area contributed by atoms with Gasteiger partial charge in [0, 0.05) is 37.2 Å². The van der Waals surface area contributed by atoms with E-state index in [9.17, 15) is 0 Å². The Bertz CT molecular complexity index is 559. The van der Waals surface area contributed by atoms with Crippen LogP contribution in [0.25, 0.3) is 12.2 Å². The first kappa shape index (κ1) is 14.7.